The van der Waals surface area contributed by atoms with Crippen molar-refractivity contribution in [3.05, 3.63) is 0 Å². The van der Waals surface area contributed by atoms with Crippen LogP contribution in [0.2, 0.25) is 0 Å². The van der Waals surface area contributed by atoms with E-state index in [0.29, 0.717) is 6.04 Å². The van der Waals surface area contributed by atoms with Gasteiger partial charge in [-0.3, -0.25) is 0 Å². The molecule has 0 saturated carbocycles. The molecule has 0 bridgehead atoms. The summed E-state index contributed by atoms with van der Waals surface area (Å²) < 4.78 is 6.14. The molecule has 2 aliphatic rings. The van der Waals surface area contributed by atoms with E-state index in [9.17, 15) is 0 Å². The quantitative estimate of drug-likeness (QED) is 0.829. The highest BCUT2D eigenvalue weighted by atomic mass is 32.2. The molecule has 0 aliphatic carbocycles. The van der Waals surface area contributed by atoms with Crippen molar-refractivity contribution in [1.82, 2.24) is 5.32 Å². The van der Waals surface area contributed by atoms with Gasteiger partial charge in [-0.25, -0.2) is 0 Å². The highest BCUT2D eigenvalue weighted by Gasteiger charge is 2.42. The van der Waals surface area contributed by atoms with Crippen LogP contribution < -0.4 is 5.32 Å². The van der Waals surface area contributed by atoms with Crippen molar-refractivity contribution in [3.8, 4) is 0 Å². The van der Waals surface area contributed by atoms with Crippen molar-refractivity contribution in [3.63, 3.8) is 0 Å². The summed E-state index contributed by atoms with van der Waals surface area (Å²) in [6, 6.07) is 0.677. The van der Waals surface area contributed by atoms with Gasteiger partial charge < -0.3 is 10.1 Å². The lowest BCUT2D eigenvalue weighted by Crippen LogP contribution is -2.49. The molecular formula is C15H29NOS. The zero-order valence-corrected chi connectivity index (χ0v) is 13.0. The third-order valence-electron chi connectivity index (χ3n) is 4.45. The third kappa shape index (κ3) is 3.43. The number of hydrogen-bond donors (Lipinski definition) is 1. The topological polar surface area (TPSA) is 21.3 Å². The Hall–Kier alpha value is 0.270. The first-order valence-electron chi connectivity index (χ1n) is 7.62. The molecule has 106 valence electrons. The molecule has 2 fully saturated rings. The molecule has 2 aliphatic heterocycles. The molecule has 18 heavy (non-hydrogen) atoms. The minimum Gasteiger partial charge on any atom is -0.374 e. The van der Waals surface area contributed by atoms with Gasteiger partial charge in [0.2, 0.25) is 0 Å². The van der Waals surface area contributed by atoms with Crippen LogP contribution in [0.25, 0.3) is 0 Å². The molecule has 1 spiro atoms. The van der Waals surface area contributed by atoms with Gasteiger partial charge in [-0.05, 0) is 49.8 Å². The van der Waals surface area contributed by atoms with Crippen LogP contribution in [0.15, 0.2) is 0 Å². The van der Waals surface area contributed by atoms with Gasteiger partial charge in [0, 0.05) is 18.4 Å². The molecule has 0 radical (unpaired) electrons. The first kappa shape index (κ1) is 14.7. The molecule has 1 N–H and O–H groups in total. The van der Waals surface area contributed by atoms with Gasteiger partial charge in [0.25, 0.3) is 0 Å². The summed E-state index contributed by atoms with van der Waals surface area (Å²) in [5.41, 5.74) is 0.231. The van der Waals surface area contributed by atoms with Crippen molar-refractivity contribution in [1.29, 1.82) is 0 Å². The molecule has 3 heteroatoms. The summed E-state index contributed by atoms with van der Waals surface area (Å²) in [5, 5.41) is 3.78. The largest absolute Gasteiger partial charge is 0.374 e. The summed E-state index contributed by atoms with van der Waals surface area (Å²) in [6.45, 7) is 9.10. The van der Waals surface area contributed by atoms with Crippen LogP contribution in [0, 0.1) is 11.8 Å². The number of ether oxygens (including phenoxy) is 1. The first-order chi connectivity index (χ1) is 8.67. The Kier molecular flexibility index (Phi) is 5.40. The smallest absolute Gasteiger partial charge is 0.0783 e. The summed E-state index contributed by atoms with van der Waals surface area (Å²) in [4.78, 5) is 0. The normalized spacial score (nSPS) is 34.3. The Morgan fingerprint density at radius 3 is 2.89 bits per heavy atom. The second-order valence-electron chi connectivity index (χ2n) is 6.31. The predicted octanol–water partition coefficient (Wildman–Crippen LogP) is 3.31. The number of thioether (sulfide) groups is 1. The average Bonchev–Trinajstić information content (AvgIpc) is 2.77. The van der Waals surface area contributed by atoms with E-state index in [1.165, 1.54) is 37.2 Å². The van der Waals surface area contributed by atoms with E-state index in [4.69, 9.17) is 4.74 Å². The SMILES string of the molecule is CCCNC(C(C)C)C1CCOC2(CCSC2)C1. The van der Waals surface area contributed by atoms with Gasteiger partial charge in [0.15, 0.2) is 0 Å². The highest BCUT2D eigenvalue weighted by Crippen LogP contribution is 2.42. The lowest BCUT2D eigenvalue weighted by molar-refractivity contribution is -0.0875. The molecule has 3 atom stereocenters. The summed E-state index contributed by atoms with van der Waals surface area (Å²) >= 11 is 2.07. The molecular weight excluding hydrogens is 242 g/mol. The fraction of sp³-hybridized carbons (Fsp3) is 1.00. The second-order valence-corrected chi connectivity index (χ2v) is 7.42. The van der Waals surface area contributed by atoms with E-state index in [0.717, 1.165) is 25.0 Å². The van der Waals surface area contributed by atoms with Gasteiger partial charge in [-0.2, -0.15) is 11.8 Å². The monoisotopic (exact) mass is 271 g/mol. The van der Waals surface area contributed by atoms with E-state index in [1.807, 2.05) is 0 Å². The second kappa shape index (κ2) is 6.62. The Bertz CT molecular complexity index is 251. The summed E-state index contributed by atoms with van der Waals surface area (Å²) in [5.74, 6) is 4.05. The summed E-state index contributed by atoms with van der Waals surface area (Å²) in [7, 11) is 0. The third-order valence-corrected chi connectivity index (χ3v) is 5.68. The molecule has 0 aromatic rings. The molecule has 2 rings (SSSR count). The van der Waals surface area contributed by atoms with E-state index < -0.39 is 0 Å². The number of rotatable bonds is 5. The fourth-order valence-electron chi connectivity index (χ4n) is 3.49. The maximum atomic E-state index is 6.14. The Morgan fingerprint density at radius 1 is 1.44 bits per heavy atom. The molecule has 0 aromatic carbocycles. The molecule has 2 saturated heterocycles. The molecule has 3 unspecified atom stereocenters. The minimum absolute atomic E-state index is 0.231. The zero-order chi connectivity index (χ0) is 13.0. The first-order valence-corrected chi connectivity index (χ1v) is 8.77. The van der Waals surface area contributed by atoms with Crippen molar-refractivity contribution >= 4 is 11.8 Å². The average molecular weight is 271 g/mol. The van der Waals surface area contributed by atoms with Crippen molar-refractivity contribution in [2.75, 3.05) is 24.7 Å². The van der Waals surface area contributed by atoms with Gasteiger partial charge in [0.1, 0.15) is 0 Å². The Labute approximate surface area is 117 Å². The van der Waals surface area contributed by atoms with Crippen LogP contribution in [0.1, 0.15) is 46.5 Å². The Balaban J connectivity index is 1.96. The van der Waals surface area contributed by atoms with Gasteiger partial charge in [-0.15, -0.1) is 0 Å². The van der Waals surface area contributed by atoms with Crippen molar-refractivity contribution in [2.24, 2.45) is 11.8 Å². The zero-order valence-electron chi connectivity index (χ0n) is 12.2. The molecule has 0 amide bonds. The van der Waals surface area contributed by atoms with Crippen LogP contribution in [-0.2, 0) is 4.74 Å². The van der Waals surface area contributed by atoms with Gasteiger partial charge in [0.05, 0.1) is 5.60 Å². The lowest BCUT2D eigenvalue weighted by atomic mass is 9.78. The standard InChI is InChI=1S/C15H29NOS/c1-4-7-16-14(12(2)3)13-5-8-17-15(10-13)6-9-18-11-15/h12-14,16H,4-11H2,1-3H3. The van der Waals surface area contributed by atoms with Crippen molar-refractivity contribution in [2.45, 2.75) is 58.1 Å². The Morgan fingerprint density at radius 2 is 2.28 bits per heavy atom. The van der Waals surface area contributed by atoms with Crippen LogP contribution in [-0.4, -0.2) is 36.3 Å². The van der Waals surface area contributed by atoms with E-state index in [-0.39, 0.29) is 5.60 Å². The van der Waals surface area contributed by atoms with Crippen LogP contribution >= 0.6 is 11.8 Å². The van der Waals surface area contributed by atoms with Crippen LogP contribution in [0.4, 0.5) is 0 Å². The fourth-order valence-corrected chi connectivity index (χ4v) is 4.87. The van der Waals surface area contributed by atoms with E-state index in [1.54, 1.807) is 0 Å². The van der Waals surface area contributed by atoms with Gasteiger partial charge in [-0.1, -0.05) is 20.8 Å². The van der Waals surface area contributed by atoms with E-state index in [2.05, 4.69) is 37.8 Å². The minimum atomic E-state index is 0.231. The van der Waals surface area contributed by atoms with Crippen LogP contribution in [0.3, 0.4) is 0 Å². The number of hydrogen-bond acceptors (Lipinski definition) is 3. The highest BCUT2D eigenvalue weighted by molar-refractivity contribution is 7.99. The maximum absolute atomic E-state index is 6.14. The molecule has 0 aromatic heterocycles. The molecule has 2 nitrogen and oxygen atoms in total. The van der Waals surface area contributed by atoms with Crippen molar-refractivity contribution < 1.29 is 4.74 Å². The van der Waals surface area contributed by atoms with Gasteiger partial charge >= 0.3 is 0 Å². The lowest BCUT2D eigenvalue weighted by Gasteiger charge is -2.42. The van der Waals surface area contributed by atoms with Crippen LogP contribution in [0.5, 0.6) is 0 Å². The van der Waals surface area contributed by atoms with E-state index >= 15 is 0 Å². The number of nitrogens with one attached hydrogen (secondary N) is 1. The summed E-state index contributed by atoms with van der Waals surface area (Å²) in [6.07, 6.45) is 5.02. The predicted molar refractivity (Wildman–Crippen MR) is 80.3 cm³/mol. The molecule has 2 heterocycles. The maximum Gasteiger partial charge on any atom is 0.0783 e.